The summed E-state index contributed by atoms with van der Waals surface area (Å²) in [6.45, 7) is 3.29. The topological polar surface area (TPSA) is 15.3 Å². The molecule has 1 aliphatic rings. The Morgan fingerprint density at radius 3 is 2.43 bits per heavy atom. The molecule has 0 heterocycles. The molecule has 1 rings (SSSR count). The lowest BCUT2D eigenvalue weighted by atomic mass is 9.88. The van der Waals surface area contributed by atoms with Crippen LogP contribution in [-0.2, 0) is 0 Å². The maximum absolute atomic E-state index is 6.06. The Morgan fingerprint density at radius 2 is 1.93 bits per heavy atom. The smallest absolute Gasteiger partial charge is 0.0292 e. The molecule has 84 valence electrons. The third kappa shape index (κ3) is 3.76. The second-order valence-electron chi connectivity index (χ2n) is 4.82. The van der Waals surface area contributed by atoms with Crippen molar-refractivity contribution in [2.24, 2.45) is 5.41 Å². The van der Waals surface area contributed by atoms with Gasteiger partial charge < -0.3 is 10.2 Å². The molecule has 0 aromatic carbocycles. The minimum absolute atomic E-state index is 0.411. The Kier molecular flexibility index (Phi) is 5.21. The second-order valence-corrected chi connectivity index (χ2v) is 5.09. The number of likely N-dealkylation sites (N-methyl/N-ethyl adjacent to an activating group) is 1. The van der Waals surface area contributed by atoms with Gasteiger partial charge in [0, 0.05) is 25.5 Å². The summed E-state index contributed by atoms with van der Waals surface area (Å²) in [6.07, 6.45) is 5.35. The highest BCUT2D eigenvalue weighted by Crippen LogP contribution is 2.38. The standard InChI is InChI=1S/C11H23ClN2/c1-14(2)8-7-13-10-11(9-12)5-3-4-6-11/h13H,3-10H2,1-2H3. The molecule has 1 saturated carbocycles. The zero-order chi connectivity index (χ0) is 10.4. The Hall–Kier alpha value is 0.210. The highest BCUT2D eigenvalue weighted by molar-refractivity contribution is 6.18. The monoisotopic (exact) mass is 218 g/mol. The van der Waals surface area contributed by atoms with E-state index < -0.39 is 0 Å². The molecule has 1 fully saturated rings. The van der Waals surface area contributed by atoms with Crippen molar-refractivity contribution in [3.63, 3.8) is 0 Å². The van der Waals surface area contributed by atoms with Gasteiger partial charge in [-0.05, 0) is 32.4 Å². The first-order valence-corrected chi connectivity index (χ1v) is 6.13. The van der Waals surface area contributed by atoms with Crippen molar-refractivity contribution in [2.45, 2.75) is 25.7 Å². The number of hydrogen-bond acceptors (Lipinski definition) is 2. The highest BCUT2D eigenvalue weighted by atomic mass is 35.5. The summed E-state index contributed by atoms with van der Waals surface area (Å²) in [4.78, 5) is 2.20. The molecule has 0 spiro atoms. The van der Waals surface area contributed by atoms with E-state index in [0.717, 1.165) is 25.5 Å². The summed E-state index contributed by atoms with van der Waals surface area (Å²) in [6, 6.07) is 0. The molecular weight excluding hydrogens is 196 g/mol. The lowest BCUT2D eigenvalue weighted by molar-refractivity contribution is 0.309. The Bertz CT molecular complexity index is 153. The van der Waals surface area contributed by atoms with Crippen molar-refractivity contribution >= 4 is 11.6 Å². The van der Waals surface area contributed by atoms with Crippen LogP contribution in [0.2, 0.25) is 0 Å². The normalized spacial score (nSPS) is 20.6. The summed E-state index contributed by atoms with van der Waals surface area (Å²) < 4.78 is 0. The van der Waals surface area contributed by atoms with E-state index in [4.69, 9.17) is 11.6 Å². The van der Waals surface area contributed by atoms with E-state index in [1.807, 2.05) is 0 Å². The van der Waals surface area contributed by atoms with E-state index >= 15 is 0 Å². The van der Waals surface area contributed by atoms with Crippen molar-refractivity contribution in [2.75, 3.05) is 39.6 Å². The first kappa shape index (κ1) is 12.3. The summed E-state index contributed by atoms with van der Waals surface area (Å²) in [5.41, 5.74) is 0.411. The van der Waals surface area contributed by atoms with Crippen LogP contribution in [0.15, 0.2) is 0 Å². The van der Waals surface area contributed by atoms with E-state index in [1.165, 1.54) is 25.7 Å². The molecule has 0 radical (unpaired) electrons. The van der Waals surface area contributed by atoms with Gasteiger partial charge in [0.05, 0.1) is 0 Å². The molecule has 0 aromatic rings. The van der Waals surface area contributed by atoms with Gasteiger partial charge in [-0.1, -0.05) is 12.8 Å². The largest absolute Gasteiger partial charge is 0.315 e. The Balaban J connectivity index is 2.15. The molecule has 1 aliphatic carbocycles. The molecule has 0 unspecified atom stereocenters. The number of halogens is 1. The highest BCUT2D eigenvalue weighted by Gasteiger charge is 2.32. The van der Waals surface area contributed by atoms with Crippen molar-refractivity contribution in [1.29, 1.82) is 0 Å². The van der Waals surface area contributed by atoms with Gasteiger partial charge in [-0.2, -0.15) is 0 Å². The van der Waals surface area contributed by atoms with Gasteiger partial charge in [0.15, 0.2) is 0 Å². The fourth-order valence-corrected chi connectivity index (χ4v) is 2.50. The Morgan fingerprint density at radius 1 is 1.29 bits per heavy atom. The predicted molar refractivity (Wildman–Crippen MR) is 63.0 cm³/mol. The number of hydrogen-bond donors (Lipinski definition) is 1. The number of nitrogens with one attached hydrogen (secondary N) is 1. The third-order valence-corrected chi connectivity index (χ3v) is 3.75. The molecule has 0 amide bonds. The van der Waals surface area contributed by atoms with Crippen LogP contribution in [0.3, 0.4) is 0 Å². The molecule has 0 atom stereocenters. The van der Waals surface area contributed by atoms with Gasteiger partial charge in [0.2, 0.25) is 0 Å². The first-order chi connectivity index (χ1) is 6.68. The fourth-order valence-electron chi connectivity index (χ4n) is 2.14. The van der Waals surface area contributed by atoms with Gasteiger partial charge in [-0.15, -0.1) is 11.6 Å². The van der Waals surface area contributed by atoms with Crippen LogP contribution in [0.1, 0.15) is 25.7 Å². The minimum Gasteiger partial charge on any atom is -0.315 e. The van der Waals surface area contributed by atoms with Crippen molar-refractivity contribution in [3.05, 3.63) is 0 Å². The number of rotatable bonds is 6. The molecule has 0 aliphatic heterocycles. The van der Waals surface area contributed by atoms with Crippen molar-refractivity contribution in [1.82, 2.24) is 10.2 Å². The fraction of sp³-hybridized carbons (Fsp3) is 1.00. The van der Waals surface area contributed by atoms with Gasteiger partial charge >= 0.3 is 0 Å². The summed E-state index contributed by atoms with van der Waals surface area (Å²) in [7, 11) is 4.21. The first-order valence-electron chi connectivity index (χ1n) is 5.60. The molecule has 0 bridgehead atoms. The van der Waals surface area contributed by atoms with Crippen LogP contribution < -0.4 is 5.32 Å². The molecule has 3 heteroatoms. The quantitative estimate of drug-likeness (QED) is 0.542. The molecule has 0 aromatic heterocycles. The summed E-state index contributed by atoms with van der Waals surface area (Å²) >= 11 is 6.06. The molecule has 14 heavy (non-hydrogen) atoms. The molecule has 0 saturated heterocycles. The van der Waals surface area contributed by atoms with Crippen LogP contribution in [0.25, 0.3) is 0 Å². The van der Waals surface area contributed by atoms with Gasteiger partial charge in [-0.25, -0.2) is 0 Å². The summed E-state index contributed by atoms with van der Waals surface area (Å²) in [5, 5.41) is 3.52. The van der Waals surface area contributed by atoms with Crippen LogP contribution in [-0.4, -0.2) is 44.5 Å². The maximum Gasteiger partial charge on any atom is 0.0292 e. The number of nitrogens with zero attached hydrogens (tertiary/aromatic N) is 1. The predicted octanol–water partition coefficient (Wildman–Crippen LogP) is 1.94. The second kappa shape index (κ2) is 5.94. The lowest BCUT2D eigenvalue weighted by Crippen LogP contribution is -2.36. The molecular formula is C11H23ClN2. The Labute approximate surface area is 93.0 Å². The van der Waals surface area contributed by atoms with Crippen molar-refractivity contribution in [3.8, 4) is 0 Å². The van der Waals surface area contributed by atoms with E-state index in [-0.39, 0.29) is 0 Å². The van der Waals surface area contributed by atoms with Gasteiger partial charge in [0.1, 0.15) is 0 Å². The molecule has 2 nitrogen and oxygen atoms in total. The van der Waals surface area contributed by atoms with Crippen LogP contribution in [0.5, 0.6) is 0 Å². The molecule has 1 N–H and O–H groups in total. The van der Waals surface area contributed by atoms with Gasteiger partial charge in [-0.3, -0.25) is 0 Å². The SMILES string of the molecule is CN(C)CCNCC1(CCl)CCCC1. The van der Waals surface area contributed by atoms with Crippen molar-refractivity contribution < 1.29 is 0 Å². The number of alkyl halides is 1. The van der Waals surface area contributed by atoms with Crippen LogP contribution >= 0.6 is 11.6 Å². The van der Waals surface area contributed by atoms with E-state index in [0.29, 0.717) is 5.41 Å². The van der Waals surface area contributed by atoms with E-state index in [2.05, 4.69) is 24.3 Å². The minimum atomic E-state index is 0.411. The third-order valence-electron chi connectivity index (χ3n) is 3.18. The average molecular weight is 219 g/mol. The zero-order valence-electron chi connectivity index (χ0n) is 9.48. The van der Waals surface area contributed by atoms with Crippen LogP contribution in [0, 0.1) is 5.41 Å². The van der Waals surface area contributed by atoms with Crippen LogP contribution in [0.4, 0.5) is 0 Å². The zero-order valence-corrected chi connectivity index (χ0v) is 10.2. The summed E-state index contributed by atoms with van der Waals surface area (Å²) in [5.74, 6) is 0.821. The van der Waals surface area contributed by atoms with E-state index in [1.54, 1.807) is 0 Å². The lowest BCUT2D eigenvalue weighted by Gasteiger charge is -2.26. The average Bonchev–Trinajstić information content (AvgIpc) is 2.62. The van der Waals surface area contributed by atoms with Gasteiger partial charge in [0.25, 0.3) is 0 Å². The maximum atomic E-state index is 6.06. The van der Waals surface area contributed by atoms with E-state index in [9.17, 15) is 0 Å².